The van der Waals surface area contributed by atoms with Crippen LogP contribution in [0, 0.1) is 11.3 Å². The Hall–Kier alpha value is -3.55. The van der Waals surface area contributed by atoms with Gasteiger partial charge in [0.05, 0.1) is 18.1 Å². The van der Waals surface area contributed by atoms with E-state index in [-0.39, 0.29) is 22.3 Å². The maximum Gasteiger partial charge on any atom is 0.329 e. The van der Waals surface area contributed by atoms with Crippen LogP contribution in [0.25, 0.3) is 11.3 Å². The summed E-state index contributed by atoms with van der Waals surface area (Å²) >= 11 is 2.59. The number of esters is 1. The van der Waals surface area contributed by atoms with Crippen LogP contribution in [0.5, 0.6) is 0 Å². The van der Waals surface area contributed by atoms with Gasteiger partial charge in [-0.3, -0.25) is 9.59 Å². The van der Waals surface area contributed by atoms with Crippen LogP contribution < -0.4 is 10.9 Å². The first kappa shape index (κ1) is 27.0. The van der Waals surface area contributed by atoms with Crippen molar-refractivity contribution in [2.75, 3.05) is 12.9 Å². The smallest absolute Gasteiger partial charge is 0.329 e. The van der Waals surface area contributed by atoms with Crippen LogP contribution in [0.2, 0.25) is 0 Å². The number of nitrogens with one attached hydrogen (secondary N) is 2. The summed E-state index contributed by atoms with van der Waals surface area (Å²) in [5, 5.41) is 11.8. The molecule has 1 amide bonds. The van der Waals surface area contributed by atoms with Gasteiger partial charge in [0.1, 0.15) is 17.7 Å². The van der Waals surface area contributed by atoms with Crippen molar-refractivity contribution in [3.63, 3.8) is 0 Å². The molecule has 0 aliphatic heterocycles. The fraction of sp³-hybridized carbons (Fsp3) is 0.269. The summed E-state index contributed by atoms with van der Waals surface area (Å²) in [6.07, 6.45) is 0.423. The molecule has 0 spiro atoms. The van der Waals surface area contributed by atoms with Crippen molar-refractivity contribution in [2.24, 2.45) is 0 Å². The van der Waals surface area contributed by atoms with Gasteiger partial charge in [0.25, 0.3) is 5.56 Å². The maximum absolute atomic E-state index is 13.1. The number of H-pyrrole nitrogens is 1. The van der Waals surface area contributed by atoms with E-state index in [0.29, 0.717) is 23.5 Å². The predicted molar refractivity (Wildman–Crippen MR) is 141 cm³/mol. The van der Waals surface area contributed by atoms with Gasteiger partial charge in [-0.15, -0.1) is 0 Å². The molecule has 3 rings (SSSR count). The van der Waals surface area contributed by atoms with Gasteiger partial charge >= 0.3 is 5.97 Å². The summed E-state index contributed by atoms with van der Waals surface area (Å²) in [5.41, 5.74) is 1.33. The number of aromatic nitrogens is 2. The van der Waals surface area contributed by atoms with Gasteiger partial charge in [0.15, 0.2) is 5.16 Å². The Labute approximate surface area is 217 Å². The van der Waals surface area contributed by atoms with E-state index in [1.54, 1.807) is 24.3 Å². The van der Waals surface area contributed by atoms with Gasteiger partial charge in [-0.2, -0.15) is 17.0 Å². The van der Waals surface area contributed by atoms with Crippen molar-refractivity contribution in [1.29, 1.82) is 5.26 Å². The number of methoxy groups -OCH3 is 1. The number of carbonyl (C=O) groups is 2. The number of hydrogen-bond acceptors (Lipinski definition) is 8. The van der Waals surface area contributed by atoms with Crippen LogP contribution in [0.4, 0.5) is 0 Å². The van der Waals surface area contributed by atoms with E-state index in [1.165, 1.54) is 18.9 Å². The topological polar surface area (TPSA) is 125 Å². The predicted octanol–water partition coefficient (Wildman–Crippen LogP) is 3.77. The Morgan fingerprint density at radius 1 is 1.14 bits per heavy atom. The van der Waals surface area contributed by atoms with E-state index in [2.05, 4.69) is 15.3 Å². The van der Waals surface area contributed by atoms with Crippen LogP contribution >= 0.6 is 23.5 Å². The van der Waals surface area contributed by atoms with E-state index < -0.39 is 22.8 Å². The summed E-state index contributed by atoms with van der Waals surface area (Å²) in [6.45, 7) is 1.83. The van der Waals surface area contributed by atoms with Crippen LogP contribution in [-0.4, -0.2) is 46.0 Å². The minimum absolute atomic E-state index is 0.0933. The number of nitriles is 1. The Bertz CT molecular complexity index is 1280. The molecule has 36 heavy (non-hydrogen) atoms. The van der Waals surface area contributed by atoms with Crippen LogP contribution in [0.1, 0.15) is 24.5 Å². The van der Waals surface area contributed by atoms with E-state index >= 15 is 0 Å². The Morgan fingerprint density at radius 2 is 1.81 bits per heavy atom. The van der Waals surface area contributed by atoms with Gasteiger partial charge in [-0.1, -0.05) is 79.3 Å². The average molecular weight is 523 g/mol. The molecule has 1 aromatic heterocycles. The van der Waals surface area contributed by atoms with E-state index in [4.69, 9.17) is 4.74 Å². The minimum atomic E-state index is -0.821. The number of rotatable bonds is 11. The van der Waals surface area contributed by atoms with E-state index in [0.717, 1.165) is 17.3 Å². The second-order valence-electron chi connectivity index (χ2n) is 7.67. The number of carbonyl (C=O) groups excluding carboxylic acids is 2. The molecule has 186 valence electrons. The van der Waals surface area contributed by atoms with E-state index in [9.17, 15) is 19.6 Å². The summed E-state index contributed by atoms with van der Waals surface area (Å²) in [6, 6.07) is 19.8. The zero-order chi connectivity index (χ0) is 25.9. The highest BCUT2D eigenvalue weighted by atomic mass is 32.2. The largest absolute Gasteiger partial charge is 0.467 e. The lowest BCUT2D eigenvalue weighted by atomic mass is 10.1. The first-order valence-corrected chi connectivity index (χ1v) is 13.3. The lowest BCUT2D eigenvalue weighted by molar-refractivity contribution is -0.144. The Morgan fingerprint density at radius 3 is 2.42 bits per heavy atom. The quantitative estimate of drug-likeness (QED) is 0.222. The van der Waals surface area contributed by atoms with Crippen molar-refractivity contribution in [3.8, 4) is 17.3 Å². The highest BCUT2D eigenvalue weighted by molar-refractivity contribution is 8.00. The molecular weight excluding hydrogens is 496 g/mol. The minimum Gasteiger partial charge on any atom is -0.467 e. The first-order valence-electron chi connectivity index (χ1n) is 11.2. The molecule has 8 nitrogen and oxygen atoms in total. The van der Waals surface area contributed by atoms with E-state index in [1.807, 2.05) is 49.4 Å². The van der Waals surface area contributed by atoms with Gasteiger partial charge in [-0.05, 0) is 12.0 Å². The number of amides is 1. The fourth-order valence-corrected chi connectivity index (χ4v) is 5.23. The number of ether oxygens (including phenoxy) is 1. The lowest BCUT2D eigenvalue weighted by Crippen LogP contribution is -2.46. The van der Waals surface area contributed by atoms with Crippen molar-refractivity contribution < 1.29 is 14.3 Å². The molecule has 0 bridgehead atoms. The Kier molecular flexibility index (Phi) is 10.2. The van der Waals surface area contributed by atoms with Gasteiger partial charge in [0.2, 0.25) is 5.91 Å². The summed E-state index contributed by atoms with van der Waals surface area (Å²) in [5.74, 6) is 0.138. The summed E-state index contributed by atoms with van der Waals surface area (Å²) in [4.78, 5) is 45.0. The number of thioether (sulfide) groups is 2. The van der Waals surface area contributed by atoms with Crippen LogP contribution in [0.3, 0.4) is 0 Å². The molecule has 1 heterocycles. The highest BCUT2D eigenvalue weighted by Crippen LogP contribution is 2.26. The number of hydrogen-bond donors (Lipinski definition) is 2. The third kappa shape index (κ3) is 7.23. The van der Waals surface area contributed by atoms with Crippen molar-refractivity contribution in [1.82, 2.24) is 15.3 Å². The summed E-state index contributed by atoms with van der Waals surface area (Å²) < 4.78 is 4.89. The fourth-order valence-electron chi connectivity index (χ4n) is 3.32. The highest BCUT2D eigenvalue weighted by Gasteiger charge is 2.27. The summed E-state index contributed by atoms with van der Waals surface area (Å²) in [7, 11) is 1.28. The molecule has 0 saturated heterocycles. The molecule has 2 unspecified atom stereocenters. The number of nitrogens with zero attached hydrogens (tertiary/aromatic N) is 2. The zero-order valence-corrected chi connectivity index (χ0v) is 21.5. The normalized spacial score (nSPS) is 12.2. The molecule has 3 aromatic rings. The third-order valence-corrected chi connectivity index (χ3v) is 7.53. The molecule has 0 radical (unpaired) electrons. The molecule has 10 heteroatoms. The zero-order valence-electron chi connectivity index (χ0n) is 19.9. The van der Waals surface area contributed by atoms with Gasteiger partial charge in [0, 0.05) is 17.1 Å². The van der Waals surface area contributed by atoms with Crippen molar-refractivity contribution in [2.45, 2.75) is 35.5 Å². The molecule has 2 aromatic carbocycles. The van der Waals surface area contributed by atoms with Crippen LogP contribution in [0.15, 0.2) is 70.6 Å². The number of benzene rings is 2. The molecule has 2 N–H and O–H groups in total. The molecule has 2 atom stereocenters. The second kappa shape index (κ2) is 13.5. The average Bonchev–Trinajstić information content (AvgIpc) is 2.91. The molecular formula is C26H26N4O4S2. The van der Waals surface area contributed by atoms with Gasteiger partial charge < -0.3 is 15.0 Å². The maximum atomic E-state index is 13.1. The van der Waals surface area contributed by atoms with Crippen molar-refractivity contribution >= 4 is 35.4 Å². The SMILES string of the molecule is CCC(Sc1nc(-c2ccccc2)c(C#N)c(=O)[nH]1)C(=O)NC(CSCc1ccccc1)C(=O)OC. The third-order valence-electron chi connectivity index (χ3n) is 5.17. The molecule has 0 aliphatic carbocycles. The van der Waals surface area contributed by atoms with Crippen LogP contribution in [-0.2, 0) is 20.1 Å². The van der Waals surface area contributed by atoms with Crippen molar-refractivity contribution in [3.05, 3.63) is 82.1 Å². The second-order valence-corrected chi connectivity index (χ2v) is 9.89. The molecule has 0 aliphatic rings. The first-order chi connectivity index (χ1) is 17.5. The molecule has 0 saturated carbocycles. The standard InChI is InChI=1S/C26H26N4O4S2/c1-3-21(24(32)28-20(25(33)34-2)16-35-15-17-10-6-4-7-11-17)36-26-29-22(18-12-8-5-9-13-18)19(14-27)23(31)30-26/h4-13,20-21H,3,15-16H2,1-2H3,(H,28,32)(H,29,30,31). The molecule has 0 fully saturated rings. The monoisotopic (exact) mass is 522 g/mol. The van der Waals surface area contributed by atoms with Gasteiger partial charge in [-0.25, -0.2) is 9.78 Å². The number of aromatic amines is 1. The Balaban J connectivity index is 1.73. The lowest BCUT2D eigenvalue weighted by Gasteiger charge is -2.20.